The second-order valence-corrected chi connectivity index (χ2v) is 4.49. The van der Waals surface area contributed by atoms with E-state index in [0.29, 0.717) is 16.1 Å². The highest BCUT2D eigenvalue weighted by Gasteiger charge is 2.10. The van der Waals surface area contributed by atoms with Crippen LogP contribution in [0.1, 0.15) is 21.5 Å². The van der Waals surface area contributed by atoms with Crippen molar-refractivity contribution in [1.82, 2.24) is 5.32 Å². The first kappa shape index (κ1) is 14.0. The van der Waals surface area contributed by atoms with Crippen molar-refractivity contribution in [2.24, 2.45) is 0 Å². The van der Waals surface area contributed by atoms with Crippen molar-refractivity contribution in [2.45, 2.75) is 6.54 Å². The molecule has 2 aromatic carbocycles. The molecule has 0 unspecified atom stereocenters. The maximum Gasteiger partial charge on any atom is 0.253 e. The van der Waals surface area contributed by atoms with E-state index in [0.717, 1.165) is 6.07 Å². The number of amides is 1. The van der Waals surface area contributed by atoms with Crippen LogP contribution in [0.4, 0.5) is 4.39 Å². The van der Waals surface area contributed by atoms with Crippen LogP contribution in [0.3, 0.4) is 0 Å². The third kappa shape index (κ3) is 3.14. The number of nitrogens with one attached hydrogen (secondary N) is 1. The highest BCUT2D eigenvalue weighted by molar-refractivity contribution is 6.33. The normalized spacial score (nSPS) is 9.85. The predicted molar refractivity (Wildman–Crippen MR) is 73.7 cm³/mol. The van der Waals surface area contributed by atoms with Gasteiger partial charge in [-0.2, -0.15) is 5.26 Å². The lowest BCUT2D eigenvalue weighted by Gasteiger charge is -2.07. The van der Waals surface area contributed by atoms with Crippen molar-refractivity contribution in [1.29, 1.82) is 5.26 Å². The molecule has 1 amide bonds. The quantitative estimate of drug-likeness (QED) is 0.942. The minimum absolute atomic E-state index is 0.0294. The molecule has 0 fully saturated rings. The average Bonchev–Trinajstić information content (AvgIpc) is 2.46. The number of rotatable bonds is 3. The molecule has 2 rings (SSSR count). The molecular formula is C15H10ClFN2O. The summed E-state index contributed by atoms with van der Waals surface area (Å²) in [5.74, 6) is -0.900. The SMILES string of the molecule is N#Cc1ccc(CNC(=O)c2ccccc2Cl)c(F)c1. The number of nitrogens with zero attached hydrogens (tertiary/aromatic N) is 1. The van der Waals surface area contributed by atoms with Gasteiger partial charge in [0, 0.05) is 12.1 Å². The van der Waals surface area contributed by atoms with Crippen LogP contribution in [0.2, 0.25) is 5.02 Å². The van der Waals surface area contributed by atoms with E-state index in [2.05, 4.69) is 5.32 Å². The van der Waals surface area contributed by atoms with Crippen LogP contribution in [0.5, 0.6) is 0 Å². The summed E-state index contributed by atoms with van der Waals surface area (Å²) in [4.78, 5) is 11.9. The fourth-order valence-corrected chi connectivity index (χ4v) is 1.90. The van der Waals surface area contributed by atoms with E-state index in [1.807, 2.05) is 6.07 Å². The zero-order valence-corrected chi connectivity index (χ0v) is 11.1. The van der Waals surface area contributed by atoms with Gasteiger partial charge in [-0.1, -0.05) is 29.8 Å². The molecule has 0 atom stereocenters. The minimum Gasteiger partial charge on any atom is -0.348 e. The highest BCUT2D eigenvalue weighted by Crippen LogP contribution is 2.15. The second kappa shape index (κ2) is 6.18. The largest absolute Gasteiger partial charge is 0.348 e. The maximum atomic E-state index is 13.6. The van der Waals surface area contributed by atoms with E-state index in [9.17, 15) is 9.18 Å². The molecule has 0 saturated heterocycles. The third-order valence-electron chi connectivity index (χ3n) is 2.74. The molecule has 3 nitrogen and oxygen atoms in total. The van der Waals surface area contributed by atoms with Gasteiger partial charge < -0.3 is 5.32 Å². The molecule has 0 heterocycles. The second-order valence-electron chi connectivity index (χ2n) is 4.08. The Kier molecular flexibility index (Phi) is 4.34. The number of carbonyl (C=O) groups excluding carboxylic acids is 1. The van der Waals surface area contributed by atoms with E-state index in [4.69, 9.17) is 16.9 Å². The van der Waals surface area contributed by atoms with Gasteiger partial charge in [-0.3, -0.25) is 4.79 Å². The van der Waals surface area contributed by atoms with Crippen LogP contribution >= 0.6 is 11.6 Å². The minimum atomic E-state index is -0.525. The van der Waals surface area contributed by atoms with Crippen LogP contribution in [0.25, 0.3) is 0 Å². The summed E-state index contributed by atoms with van der Waals surface area (Å²) >= 11 is 5.90. The number of halogens is 2. The van der Waals surface area contributed by atoms with E-state index in [-0.39, 0.29) is 18.0 Å². The van der Waals surface area contributed by atoms with Crippen molar-refractivity contribution in [3.63, 3.8) is 0 Å². The van der Waals surface area contributed by atoms with Crippen LogP contribution in [0, 0.1) is 17.1 Å². The topological polar surface area (TPSA) is 52.9 Å². The lowest BCUT2D eigenvalue weighted by Crippen LogP contribution is -2.23. The molecule has 0 saturated carbocycles. The van der Waals surface area contributed by atoms with Crippen molar-refractivity contribution in [3.05, 3.63) is 70.0 Å². The monoisotopic (exact) mass is 288 g/mol. The third-order valence-corrected chi connectivity index (χ3v) is 3.07. The van der Waals surface area contributed by atoms with Crippen molar-refractivity contribution in [3.8, 4) is 6.07 Å². The molecule has 0 bridgehead atoms. The van der Waals surface area contributed by atoms with Gasteiger partial charge in [-0.25, -0.2) is 4.39 Å². The molecule has 0 aromatic heterocycles. The molecule has 5 heteroatoms. The van der Waals surface area contributed by atoms with Gasteiger partial charge in [0.2, 0.25) is 0 Å². The summed E-state index contributed by atoms with van der Waals surface area (Å²) in [5, 5.41) is 11.6. The Morgan fingerprint density at radius 1 is 1.30 bits per heavy atom. The standard InChI is InChI=1S/C15H10ClFN2O/c16-13-4-2-1-3-12(13)15(20)19-9-11-6-5-10(8-18)7-14(11)17/h1-7H,9H2,(H,19,20). The Hall–Kier alpha value is -2.38. The Morgan fingerprint density at radius 3 is 2.70 bits per heavy atom. The molecule has 20 heavy (non-hydrogen) atoms. The maximum absolute atomic E-state index is 13.6. The molecule has 0 radical (unpaired) electrons. The predicted octanol–water partition coefficient (Wildman–Crippen LogP) is 3.28. The summed E-state index contributed by atoms with van der Waals surface area (Å²) in [6, 6.07) is 12.6. The van der Waals surface area contributed by atoms with Gasteiger partial charge in [-0.05, 0) is 24.3 Å². The van der Waals surface area contributed by atoms with Crippen LogP contribution < -0.4 is 5.32 Å². The molecule has 0 aliphatic rings. The lowest BCUT2D eigenvalue weighted by atomic mass is 10.1. The number of benzene rings is 2. The molecule has 0 aliphatic heterocycles. The van der Waals surface area contributed by atoms with Gasteiger partial charge in [0.1, 0.15) is 5.82 Å². The van der Waals surface area contributed by atoms with Gasteiger partial charge in [0.05, 0.1) is 22.2 Å². The highest BCUT2D eigenvalue weighted by atomic mass is 35.5. The van der Waals surface area contributed by atoms with Crippen molar-refractivity contribution in [2.75, 3.05) is 0 Å². The van der Waals surface area contributed by atoms with Gasteiger partial charge >= 0.3 is 0 Å². The lowest BCUT2D eigenvalue weighted by molar-refractivity contribution is 0.0951. The molecule has 2 aromatic rings. The van der Waals surface area contributed by atoms with E-state index >= 15 is 0 Å². The molecule has 0 spiro atoms. The molecule has 0 aliphatic carbocycles. The first-order valence-electron chi connectivity index (χ1n) is 5.83. The zero-order valence-electron chi connectivity index (χ0n) is 10.4. The van der Waals surface area contributed by atoms with E-state index < -0.39 is 5.82 Å². The Morgan fingerprint density at radius 2 is 2.05 bits per heavy atom. The van der Waals surface area contributed by atoms with Crippen LogP contribution in [-0.2, 0) is 6.54 Å². The number of nitriles is 1. The summed E-state index contributed by atoms with van der Waals surface area (Å²) in [5.41, 5.74) is 0.885. The molecular weight excluding hydrogens is 279 g/mol. The Balaban J connectivity index is 2.08. The Bertz CT molecular complexity index is 695. The summed E-state index contributed by atoms with van der Waals surface area (Å²) in [7, 11) is 0. The first-order chi connectivity index (χ1) is 9.61. The average molecular weight is 289 g/mol. The fraction of sp³-hybridized carbons (Fsp3) is 0.0667. The van der Waals surface area contributed by atoms with Gasteiger partial charge in [-0.15, -0.1) is 0 Å². The number of carbonyl (C=O) groups is 1. The van der Waals surface area contributed by atoms with Gasteiger partial charge in [0.15, 0.2) is 0 Å². The van der Waals surface area contributed by atoms with Crippen molar-refractivity contribution >= 4 is 17.5 Å². The van der Waals surface area contributed by atoms with Gasteiger partial charge in [0.25, 0.3) is 5.91 Å². The summed E-state index contributed by atoms with van der Waals surface area (Å²) in [6.07, 6.45) is 0. The molecule has 1 N–H and O–H groups in total. The Labute approximate surface area is 120 Å². The zero-order chi connectivity index (χ0) is 14.5. The molecule has 100 valence electrons. The fourth-order valence-electron chi connectivity index (χ4n) is 1.68. The van der Waals surface area contributed by atoms with Crippen LogP contribution in [0.15, 0.2) is 42.5 Å². The summed E-state index contributed by atoms with van der Waals surface area (Å²) < 4.78 is 13.6. The van der Waals surface area contributed by atoms with E-state index in [1.54, 1.807) is 24.3 Å². The van der Waals surface area contributed by atoms with Crippen LogP contribution in [-0.4, -0.2) is 5.91 Å². The summed E-state index contributed by atoms with van der Waals surface area (Å²) in [6.45, 7) is 0.0294. The number of hydrogen-bond acceptors (Lipinski definition) is 2. The smallest absolute Gasteiger partial charge is 0.253 e. The van der Waals surface area contributed by atoms with Crippen molar-refractivity contribution < 1.29 is 9.18 Å². The number of hydrogen-bond donors (Lipinski definition) is 1. The first-order valence-corrected chi connectivity index (χ1v) is 6.21. The van der Waals surface area contributed by atoms with E-state index in [1.165, 1.54) is 12.1 Å².